The number of aromatic hydroxyl groups is 1. The first-order valence-corrected chi connectivity index (χ1v) is 9.73. The molecule has 3 heterocycles. The number of benzene rings is 1. The molecule has 1 aliphatic rings. The smallest absolute Gasteiger partial charge is 0.251 e. The molecule has 7 nitrogen and oxygen atoms in total. The Bertz CT molecular complexity index is 1030. The second kappa shape index (κ2) is 8.45. The highest BCUT2D eigenvalue weighted by atomic mass is 16.5. The molecule has 0 bridgehead atoms. The average molecular weight is 392 g/mol. The Labute approximate surface area is 169 Å². The molecular formula is C22H24N4O3. The lowest BCUT2D eigenvalue weighted by Gasteiger charge is -2.31. The van der Waals surface area contributed by atoms with E-state index < -0.39 is 0 Å². The lowest BCUT2D eigenvalue weighted by Crippen LogP contribution is -2.33. The Morgan fingerprint density at radius 1 is 1.21 bits per heavy atom. The van der Waals surface area contributed by atoms with E-state index >= 15 is 0 Å². The predicted molar refractivity (Wildman–Crippen MR) is 110 cm³/mol. The predicted octanol–water partition coefficient (Wildman–Crippen LogP) is 2.93. The van der Waals surface area contributed by atoms with Crippen molar-refractivity contribution in [1.29, 1.82) is 0 Å². The second-order valence-corrected chi connectivity index (χ2v) is 7.28. The third-order valence-electron chi connectivity index (χ3n) is 5.36. The minimum absolute atomic E-state index is 0.152. The fraction of sp³-hybridized carbons (Fsp3) is 0.318. The zero-order chi connectivity index (χ0) is 20.2. The van der Waals surface area contributed by atoms with Crippen LogP contribution in [0.25, 0.3) is 11.5 Å². The van der Waals surface area contributed by atoms with Crippen molar-refractivity contribution in [3.8, 4) is 23.0 Å². The number of aromatic amines is 1. The summed E-state index contributed by atoms with van der Waals surface area (Å²) in [7, 11) is 1.58. The van der Waals surface area contributed by atoms with Crippen molar-refractivity contribution in [2.45, 2.75) is 25.3 Å². The van der Waals surface area contributed by atoms with Crippen LogP contribution in [0.15, 0.2) is 53.5 Å². The van der Waals surface area contributed by atoms with Crippen molar-refractivity contribution in [2.75, 3.05) is 20.2 Å². The van der Waals surface area contributed by atoms with Gasteiger partial charge in [0.25, 0.3) is 5.56 Å². The van der Waals surface area contributed by atoms with Gasteiger partial charge in [0.15, 0.2) is 5.82 Å². The quantitative estimate of drug-likeness (QED) is 0.694. The number of hydrogen-bond acceptors (Lipinski definition) is 6. The number of nitrogens with zero attached hydrogens (tertiary/aromatic N) is 3. The summed E-state index contributed by atoms with van der Waals surface area (Å²) in [5, 5.41) is 10.2. The number of hydrogen-bond donors (Lipinski definition) is 2. The van der Waals surface area contributed by atoms with Crippen molar-refractivity contribution in [3.05, 3.63) is 70.3 Å². The zero-order valence-corrected chi connectivity index (χ0v) is 16.3. The fourth-order valence-corrected chi connectivity index (χ4v) is 3.74. The van der Waals surface area contributed by atoms with Gasteiger partial charge in [-0.3, -0.25) is 14.7 Å². The molecule has 1 saturated heterocycles. The molecule has 1 aliphatic heterocycles. The van der Waals surface area contributed by atoms with E-state index in [0.717, 1.165) is 37.2 Å². The number of phenols is 1. The van der Waals surface area contributed by atoms with Crippen LogP contribution in [0, 0.1) is 0 Å². The van der Waals surface area contributed by atoms with Crippen molar-refractivity contribution in [1.82, 2.24) is 19.9 Å². The number of likely N-dealkylation sites (tertiary alicyclic amines) is 1. The summed E-state index contributed by atoms with van der Waals surface area (Å²) in [5.41, 5.74) is 2.22. The summed E-state index contributed by atoms with van der Waals surface area (Å²) < 4.78 is 5.14. The van der Waals surface area contributed by atoms with Gasteiger partial charge in [-0.2, -0.15) is 0 Å². The first-order chi connectivity index (χ1) is 14.1. The third-order valence-corrected chi connectivity index (χ3v) is 5.36. The lowest BCUT2D eigenvalue weighted by atomic mass is 9.93. The largest absolute Gasteiger partial charge is 0.507 e. The van der Waals surface area contributed by atoms with Gasteiger partial charge in [0, 0.05) is 36.4 Å². The number of phenolic OH excluding ortho intramolecular Hbond substituents is 1. The lowest BCUT2D eigenvalue weighted by molar-refractivity contribution is 0.201. The molecule has 0 radical (unpaired) electrons. The Morgan fingerprint density at radius 2 is 2.03 bits per heavy atom. The number of ether oxygens (including phenoxy) is 1. The molecule has 0 amide bonds. The first kappa shape index (κ1) is 19.1. The Morgan fingerprint density at radius 3 is 2.72 bits per heavy atom. The van der Waals surface area contributed by atoms with Crippen LogP contribution in [0.5, 0.6) is 11.5 Å². The van der Waals surface area contributed by atoms with E-state index in [0.29, 0.717) is 23.8 Å². The van der Waals surface area contributed by atoms with E-state index in [1.807, 2.05) is 30.3 Å². The molecule has 0 spiro atoms. The Kier molecular flexibility index (Phi) is 5.57. The molecule has 29 heavy (non-hydrogen) atoms. The molecule has 0 unspecified atom stereocenters. The summed E-state index contributed by atoms with van der Waals surface area (Å²) in [6.07, 6.45) is 3.51. The van der Waals surface area contributed by atoms with Crippen LogP contribution in [0.1, 0.15) is 30.0 Å². The summed E-state index contributed by atoms with van der Waals surface area (Å²) in [4.78, 5) is 26.2. The van der Waals surface area contributed by atoms with E-state index in [-0.39, 0.29) is 17.2 Å². The monoisotopic (exact) mass is 392 g/mol. The molecule has 3 aromatic rings. The van der Waals surface area contributed by atoms with Crippen LogP contribution in [-0.2, 0) is 6.54 Å². The number of pyridine rings is 1. The van der Waals surface area contributed by atoms with E-state index in [4.69, 9.17) is 4.74 Å². The van der Waals surface area contributed by atoms with Gasteiger partial charge in [-0.05, 0) is 44.1 Å². The molecule has 0 saturated carbocycles. The molecule has 2 N–H and O–H groups in total. The van der Waals surface area contributed by atoms with Crippen molar-refractivity contribution < 1.29 is 9.84 Å². The van der Waals surface area contributed by atoms with Crippen molar-refractivity contribution >= 4 is 0 Å². The number of piperidine rings is 1. The number of nitrogens with one attached hydrogen (secondary N) is 1. The van der Waals surface area contributed by atoms with Gasteiger partial charge in [-0.25, -0.2) is 4.98 Å². The number of methoxy groups -OCH3 is 1. The second-order valence-electron chi connectivity index (χ2n) is 7.28. The highest BCUT2D eigenvalue weighted by molar-refractivity contribution is 5.48. The van der Waals surface area contributed by atoms with E-state index in [1.54, 1.807) is 25.4 Å². The van der Waals surface area contributed by atoms with E-state index in [1.165, 1.54) is 0 Å². The molecule has 2 aromatic heterocycles. The average Bonchev–Trinajstić information content (AvgIpc) is 2.76. The number of rotatable bonds is 5. The van der Waals surface area contributed by atoms with Crippen LogP contribution in [0.4, 0.5) is 0 Å². The standard InChI is InChI=1S/C22H24N4O3/c1-29-17-6-5-16(20(27)12-17)14-26-10-7-15(8-11-26)19-13-21(28)25-22(24-19)18-4-2-3-9-23-18/h2-6,9,12-13,15,27H,7-8,10-11,14H2,1H3,(H,24,25,28). The molecule has 0 aliphatic carbocycles. The third kappa shape index (κ3) is 4.46. The van der Waals surface area contributed by atoms with Gasteiger partial charge < -0.3 is 14.8 Å². The fourth-order valence-electron chi connectivity index (χ4n) is 3.74. The van der Waals surface area contributed by atoms with Crippen molar-refractivity contribution in [3.63, 3.8) is 0 Å². The SMILES string of the molecule is COc1ccc(CN2CCC(c3cc(=O)[nH]c(-c4ccccn4)n3)CC2)c(O)c1. The number of aromatic nitrogens is 3. The summed E-state index contributed by atoms with van der Waals surface area (Å²) in [6, 6.07) is 12.6. The molecule has 150 valence electrons. The minimum Gasteiger partial charge on any atom is -0.507 e. The van der Waals surface area contributed by atoms with Gasteiger partial charge in [-0.15, -0.1) is 0 Å². The maximum absolute atomic E-state index is 12.2. The van der Waals surface area contributed by atoms with Gasteiger partial charge in [0.2, 0.25) is 0 Å². The maximum Gasteiger partial charge on any atom is 0.251 e. The Balaban J connectivity index is 1.43. The van der Waals surface area contributed by atoms with Gasteiger partial charge in [0.1, 0.15) is 17.2 Å². The minimum atomic E-state index is -0.152. The topological polar surface area (TPSA) is 91.3 Å². The van der Waals surface area contributed by atoms with Gasteiger partial charge >= 0.3 is 0 Å². The van der Waals surface area contributed by atoms with Crippen LogP contribution in [-0.4, -0.2) is 45.2 Å². The van der Waals surface area contributed by atoms with Gasteiger partial charge in [0.05, 0.1) is 12.8 Å². The molecule has 4 rings (SSSR count). The maximum atomic E-state index is 12.2. The van der Waals surface area contributed by atoms with Gasteiger partial charge in [-0.1, -0.05) is 12.1 Å². The molecule has 7 heteroatoms. The highest BCUT2D eigenvalue weighted by Gasteiger charge is 2.23. The van der Waals surface area contributed by atoms with Crippen LogP contribution >= 0.6 is 0 Å². The highest BCUT2D eigenvalue weighted by Crippen LogP contribution is 2.30. The van der Waals surface area contributed by atoms with Crippen molar-refractivity contribution in [2.24, 2.45) is 0 Å². The molecular weight excluding hydrogens is 368 g/mol. The van der Waals surface area contributed by atoms with E-state index in [2.05, 4.69) is 19.9 Å². The Hall–Kier alpha value is -3.19. The normalized spacial score (nSPS) is 15.3. The number of H-pyrrole nitrogens is 1. The zero-order valence-electron chi connectivity index (χ0n) is 16.3. The summed E-state index contributed by atoms with van der Waals surface area (Å²) in [6.45, 7) is 2.44. The summed E-state index contributed by atoms with van der Waals surface area (Å²) >= 11 is 0. The van der Waals surface area contributed by atoms with E-state index in [9.17, 15) is 9.90 Å². The van der Waals surface area contributed by atoms with Crippen LogP contribution in [0.2, 0.25) is 0 Å². The van der Waals surface area contributed by atoms with Crippen LogP contribution in [0.3, 0.4) is 0 Å². The molecule has 1 fully saturated rings. The first-order valence-electron chi connectivity index (χ1n) is 9.73. The summed E-state index contributed by atoms with van der Waals surface area (Å²) in [5.74, 6) is 1.65. The van der Waals surface area contributed by atoms with Crippen LogP contribution < -0.4 is 10.3 Å². The molecule has 1 aromatic carbocycles. The molecule has 0 atom stereocenters.